The van der Waals surface area contributed by atoms with Crippen LogP contribution in [-0.4, -0.2) is 5.25 Å². The van der Waals surface area contributed by atoms with E-state index in [0.29, 0.717) is 0 Å². The van der Waals surface area contributed by atoms with E-state index in [4.69, 9.17) is 0 Å². The monoisotopic (exact) mass is 141 g/mol. The number of hydrogen-bond acceptors (Lipinski definition) is 1. The smallest absolute Gasteiger partial charge is 0.0172 e. The van der Waals surface area contributed by atoms with E-state index in [1.54, 1.807) is 0 Å². The van der Waals surface area contributed by atoms with Gasteiger partial charge in [0.15, 0.2) is 0 Å². The molecule has 0 bridgehead atoms. The average molecular weight is 141 g/mol. The molecule has 1 saturated heterocycles. The van der Waals surface area contributed by atoms with E-state index in [1.165, 1.54) is 32.1 Å². The zero-order valence-corrected chi connectivity index (χ0v) is 6.49. The first kappa shape index (κ1) is 6.09. The molecule has 0 aromatic heterocycles. The molecule has 9 heavy (non-hydrogen) atoms. The molecule has 0 aromatic rings. The van der Waals surface area contributed by atoms with Gasteiger partial charge in [-0.3, -0.25) is 0 Å². The summed E-state index contributed by atoms with van der Waals surface area (Å²) in [4.78, 5) is 0. The Kier molecular flexibility index (Phi) is 1.71. The minimum absolute atomic E-state index is 1.03. The predicted molar refractivity (Wildman–Crippen MR) is 42.3 cm³/mol. The summed E-state index contributed by atoms with van der Waals surface area (Å²) in [7, 11) is 0. The molecular formula is C8H13S. The van der Waals surface area contributed by atoms with Crippen molar-refractivity contribution in [1.82, 2.24) is 0 Å². The highest BCUT2D eigenvalue weighted by Crippen LogP contribution is 2.43. The number of rotatable bonds is 0. The fourth-order valence-corrected chi connectivity index (χ4v) is 3.30. The fourth-order valence-electron chi connectivity index (χ4n) is 1.93. The summed E-state index contributed by atoms with van der Waals surface area (Å²) in [6, 6.07) is 0. The number of fused-ring (bicyclic) bond motifs is 1. The lowest BCUT2D eigenvalue weighted by molar-refractivity contribution is 0.383. The van der Waals surface area contributed by atoms with Crippen molar-refractivity contribution in [2.75, 3.05) is 0 Å². The Labute approximate surface area is 61.4 Å². The first-order chi connectivity index (χ1) is 4.47. The summed E-state index contributed by atoms with van der Waals surface area (Å²) in [5, 5.41) is 1.03. The van der Waals surface area contributed by atoms with E-state index in [9.17, 15) is 0 Å². The average Bonchev–Trinajstić information content (AvgIpc) is 2.33. The van der Waals surface area contributed by atoms with E-state index < -0.39 is 0 Å². The van der Waals surface area contributed by atoms with Gasteiger partial charge in [0.05, 0.1) is 0 Å². The number of thioether (sulfide) groups is 1. The molecule has 0 nitrogen and oxygen atoms in total. The van der Waals surface area contributed by atoms with Gasteiger partial charge in [-0.2, -0.15) is 11.8 Å². The van der Waals surface area contributed by atoms with Gasteiger partial charge in [0.25, 0.3) is 0 Å². The second kappa shape index (κ2) is 2.53. The normalized spacial score (nSPS) is 42.7. The molecule has 51 valence electrons. The highest BCUT2D eigenvalue weighted by Gasteiger charge is 2.29. The number of hydrogen-bond donors (Lipinski definition) is 0. The molecule has 2 fully saturated rings. The van der Waals surface area contributed by atoms with Crippen molar-refractivity contribution in [3.8, 4) is 0 Å². The van der Waals surface area contributed by atoms with Crippen molar-refractivity contribution in [3.63, 3.8) is 0 Å². The molecule has 2 aliphatic rings. The SMILES string of the molecule is [CH]1CC2CCCCC2S1. The fraction of sp³-hybridized carbons (Fsp3) is 0.875. The van der Waals surface area contributed by atoms with Crippen LogP contribution in [0.25, 0.3) is 0 Å². The van der Waals surface area contributed by atoms with Gasteiger partial charge in [0.1, 0.15) is 0 Å². The van der Waals surface area contributed by atoms with Crippen LogP contribution in [0.15, 0.2) is 0 Å². The summed E-state index contributed by atoms with van der Waals surface area (Å²) in [6.45, 7) is 0. The van der Waals surface area contributed by atoms with E-state index in [-0.39, 0.29) is 0 Å². The molecule has 1 heteroatoms. The third kappa shape index (κ3) is 1.12. The van der Waals surface area contributed by atoms with Crippen molar-refractivity contribution in [2.24, 2.45) is 5.92 Å². The Morgan fingerprint density at radius 1 is 1.22 bits per heavy atom. The molecule has 1 aliphatic carbocycles. The van der Waals surface area contributed by atoms with Crippen LogP contribution in [0, 0.1) is 11.7 Å². The molecule has 2 atom stereocenters. The summed E-state index contributed by atoms with van der Waals surface area (Å²) < 4.78 is 0. The third-order valence-electron chi connectivity index (χ3n) is 2.51. The predicted octanol–water partition coefficient (Wildman–Crippen LogP) is 2.84. The summed E-state index contributed by atoms with van der Waals surface area (Å²) in [6.07, 6.45) is 7.38. The van der Waals surface area contributed by atoms with Crippen molar-refractivity contribution in [1.29, 1.82) is 0 Å². The highest BCUT2D eigenvalue weighted by molar-refractivity contribution is 8.02. The molecule has 0 N–H and O–H groups in total. The molecule has 2 unspecified atom stereocenters. The Morgan fingerprint density at radius 3 is 3.00 bits per heavy atom. The maximum atomic E-state index is 2.42. The van der Waals surface area contributed by atoms with Crippen LogP contribution in [-0.2, 0) is 0 Å². The topological polar surface area (TPSA) is 0 Å². The lowest BCUT2D eigenvalue weighted by Crippen LogP contribution is -2.15. The van der Waals surface area contributed by atoms with E-state index >= 15 is 0 Å². The van der Waals surface area contributed by atoms with Crippen LogP contribution in [0.5, 0.6) is 0 Å². The second-order valence-corrected chi connectivity index (χ2v) is 4.33. The summed E-state index contributed by atoms with van der Waals surface area (Å²) in [5.41, 5.74) is 0. The quantitative estimate of drug-likeness (QED) is 0.500. The largest absolute Gasteiger partial charge is 0.154 e. The third-order valence-corrected chi connectivity index (χ3v) is 3.86. The van der Waals surface area contributed by atoms with Gasteiger partial charge in [0.2, 0.25) is 0 Å². The van der Waals surface area contributed by atoms with Gasteiger partial charge in [-0.15, -0.1) is 0 Å². The van der Waals surface area contributed by atoms with Crippen LogP contribution in [0.2, 0.25) is 0 Å². The van der Waals surface area contributed by atoms with Crippen LogP contribution in [0.1, 0.15) is 32.1 Å². The summed E-state index contributed by atoms with van der Waals surface area (Å²) in [5.74, 6) is 3.49. The maximum Gasteiger partial charge on any atom is 0.0172 e. The Balaban J connectivity index is 1.97. The minimum atomic E-state index is 1.03. The molecular weight excluding hydrogens is 128 g/mol. The lowest BCUT2D eigenvalue weighted by atomic mass is 9.87. The van der Waals surface area contributed by atoms with Crippen molar-refractivity contribution >= 4 is 11.8 Å². The first-order valence-corrected chi connectivity index (χ1v) is 4.88. The van der Waals surface area contributed by atoms with Crippen LogP contribution >= 0.6 is 11.8 Å². The Bertz CT molecular complexity index is 88.7. The van der Waals surface area contributed by atoms with Crippen molar-refractivity contribution in [2.45, 2.75) is 37.4 Å². The maximum absolute atomic E-state index is 2.42. The van der Waals surface area contributed by atoms with Gasteiger partial charge in [0, 0.05) is 11.0 Å². The van der Waals surface area contributed by atoms with Gasteiger partial charge >= 0.3 is 0 Å². The second-order valence-electron chi connectivity index (χ2n) is 3.12. The molecule has 0 spiro atoms. The summed E-state index contributed by atoms with van der Waals surface area (Å²) >= 11 is 2.10. The Hall–Kier alpha value is 0.350. The molecule has 2 rings (SSSR count). The van der Waals surface area contributed by atoms with Gasteiger partial charge < -0.3 is 0 Å². The van der Waals surface area contributed by atoms with Gasteiger partial charge in [-0.1, -0.05) is 12.8 Å². The van der Waals surface area contributed by atoms with Crippen LogP contribution in [0.4, 0.5) is 0 Å². The first-order valence-electron chi connectivity index (χ1n) is 3.94. The molecule has 0 aromatic carbocycles. The molecule has 1 aliphatic heterocycles. The van der Waals surface area contributed by atoms with Crippen LogP contribution < -0.4 is 0 Å². The van der Waals surface area contributed by atoms with Crippen molar-refractivity contribution in [3.05, 3.63) is 5.75 Å². The zero-order chi connectivity index (χ0) is 6.10. The zero-order valence-electron chi connectivity index (χ0n) is 5.68. The van der Waals surface area contributed by atoms with Gasteiger partial charge in [-0.25, -0.2) is 0 Å². The van der Waals surface area contributed by atoms with Gasteiger partial charge in [-0.05, 0) is 25.2 Å². The minimum Gasteiger partial charge on any atom is -0.154 e. The van der Waals surface area contributed by atoms with E-state index in [0.717, 1.165) is 11.2 Å². The standard InChI is InChI=1S/C8H13S/c1-2-4-8-7(3-1)5-6-9-8/h6-8H,1-5H2. The van der Waals surface area contributed by atoms with E-state index in [2.05, 4.69) is 17.5 Å². The lowest BCUT2D eigenvalue weighted by Gasteiger charge is -2.23. The molecule has 1 heterocycles. The molecule has 0 amide bonds. The molecule has 1 radical (unpaired) electrons. The van der Waals surface area contributed by atoms with E-state index in [1.807, 2.05) is 0 Å². The van der Waals surface area contributed by atoms with Crippen molar-refractivity contribution < 1.29 is 0 Å². The molecule has 1 saturated carbocycles. The van der Waals surface area contributed by atoms with Crippen LogP contribution in [0.3, 0.4) is 0 Å². The Morgan fingerprint density at radius 2 is 2.11 bits per heavy atom. The highest BCUT2D eigenvalue weighted by atomic mass is 32.2.